The van der Waals surface area contributed by atoms with Crippen LogP contribution < -0.4 is 5.46 Å². The summed E-state index contributed by atoms with van der Waals surface area (Å²) in [5.74, 6) is 6.93. The summed E-state index contributed by atoms with van der Waals surface area (Å²) in [6.45, 7) is 12.6. The van der Waals surface area contributed by atoms with Gasteiger partial charge in [-0.15, -0.1) is 11.3 Å². The van der Waals surface area contributed by atoms with Crippen LogP contribution in [0.3, 0.4) is 0 Å². The molecule has 2 heterocycles. The first-order valence-corrected chi connectivity index (χ1v) is 14.5. The SMILES string of the molecule is C=C1/C=C\C=C/C(C)C(/C=C\C=C/C)=C\N1C1C#C/C=C\Cc2c1sc1c(B(O)O)cc(/C=C\C)c(/C=C\C)c21. The fourth-order valence-corrected chi connectivity index (χ4v) is 6.43. The number of fused-ring (bicyclic) bond motifs is 3. The summed E-state index contributed by atoms with van der Waals surface area (Å²) in [5, 5.41) is 21.9. The molecule has 202 valence electrons. The Bertz CT molecular complexity index is 1580. The lowest BCUT2D eigenvalue weighted by Crippen LogP contribution is -2.30. The largest absolute Gasteiger partial charge is 0.489 e. The molecule has 2 N–H and O–H groups in total. The standard InChI is InChI=1S/C35H36BNO2S/c1-6-9-11-20-28-24-37(26(5)19-15-14-18-25(28)4)32-22-13-10-12-21-30-33-29(17-8-3)27(16-7-2)23-31(36(38)39)35(33)40-34(30)32/h6-12,14-20,23-25,32,38-39H,5,21H2,1-4H3/b9-6-,12-10-,16-7-,17-8-,18-14-,19-15-,20-11-,28-24-. The van der Waals surface area contributed by atoms with Gasteiger partial charge in [0, 0.05) is 38.2 Å². The summed E-state index contributed by atoms with van der Waals surface area (Å²) in [6, 6.07) is 1.58. The van der Waals surface area contributed by atoms with E-state index in [0.717, 1.165) is 42.9 Å². The lowest BCUT2D eigenvalue weighted by Gasteiger charge is -2.29. The maximum atomic E-state index is 10.4. The van der Waals surface area contributed by atoms with Gasteiger partial charge in [0.2, 0.25) is 0 Å². The maximum Gasteiger partial charge on any atom is 0.489 e. The van der Waals surface area contributed by atoms with Gasteiger partial charge < -0.3 is 14.9 Å². The lowest BCUT2D eigenvalue weighted by molar-refractivity contribution is 0.426. The first-order chi connectivity index (χ1) is 19.4. The molecule has 1 aromatic carbocycles. The van der Waals surface area contributed by atoms with Crippen molar-refractivity contribution in [1.29, 1.82) is 0 Å². The second kappa shape index (κ2) is 13.5. The molecule has 0 bridgehead atoms. The van der Waals surface area contributed by atoms with E-state index in [2.05, 4.69) is 72.9 Å². The first-order valence-electron chi connectivity index (χ1n) is 13.6. The quantitative estimate of drug-likeness (QED) is 0.226. The molecular weight excluding hydrogens is 509 g/mol. The monoisotopic (exact) mass is 545 g/mol. The highest BCUT2D eigenvalue weighted by Crippen LogP contribution is 2.42. The number of hydrogen-bond donors (Lipinski definition) is 2. The van der Waals surface area contributed by atoms with Gasteiger partial charge in [0.1, 0.15) is 6.04 Å². The molecule has 1 aliphatic carbocycles. The molecule has 0 saturated heterocycles. The molecule has 4 rings (SSSR count). The molecule has 0 spiro atoms. The van der Waals surface area contributed by atoms with Gasteiger partial charge in [-0.1, -0.05) is 104 Å². The van der Waals surface area contributed by atoms with E-state index in [0.29, 0.717) is 11.9 Å². The molecule has 1 aliphatic heterocycles. The highest BCUT2D eigenvalue weighted by Gasteiger charge is 2.29. The van der Waals surface area contributed by atoms with Crippen molar-refractivity contribution in [2.75, 3.05) is 0 Å². The zero-order valence-electron chi connectivity index (χ0n) is 23.6. The second-order valence-corrected chi connectivity index (χ2v) is 10.8. The zero-order valence-corrected chi connectivity index (χ0v) is 24.5. The van der Waals surface area contributed by atoms with Crippen molar-refractivity contribution in [3.63, 3.8) is 0 Å². The summed E-state index contributed by atoms with van der Waals surface area (Å²) in [4.78, 5) is 3.24. The highest BCUT2D eigenvalue weighted by atomic mass is 32.1. The van der Waals surface area contributed by atoms with Crippen molar-refractivity contribution in [2.45, 2.75) is 40.2 Å². The second-order valence-electron chi connectivity index (χ2n) is 9.73. The maximum absolute atomic E-state index is 10.4. The molecule has 0 radical (unpaired) electrons. The summed E-state index contributed by atoms with van der Waals surface area (Å²) in [7, 11) is -1.59. The average Bonchev–Trinajstić information content (AvgIpc) is 3.30. The molecule has 1 aromatic heterocycles. The van der Waals surface area contributed by atoms with E-state index in [4.69, 9.17) is 0 Å². The number of allylic oxidation sites excluding steroid dienone is 13. The average molecular weight is 546 g/mol. The van der Waals surface area contributed by atoms with Crippen LogP contribution in [0.2, 0.25) is 0 Å². The molecule has 2 aliphatic rings. The van der Waals surface area contributed by atoms with Gasteiger partial charge in [-0.05, 0) is 61.6 Å². The third-order valence-corrected chi connectivity index (χ3v) is 8.29. The van der Waals surface area contributed by atoms with Crippen molar-refractivity contribution in [1.82, 2.24) is 4.90 Å². The van der Waals surface area contributed by atoms with Gasteiger partial charge in [0.25, 0.3) is 0 Å². The Morgan fingerprint density at radius 3 is 2.60 bits per heavy atom. The molecule has 5 heteroatoms. The Morgan fingerprint density at radius 2 is 1.88 bits per heavy atom. The van der Waals surface area contributed by atoms with Crippen LogP contribution in [0, 0.1) is 17.8 Å². The molecule has 2 aromatic rings. The van der Waals surface area contributed by atoms with Gasteiger partial charge >= 0.3 is 7.12 Å². The molecule has 0 amide bonds. The Hall–Kier alpha value is -3.82. The van der Waals surface area contributed by atoms with Crippen LogP contribution >= 0.6 is 11.3 Å². The summed E-state index contributed by atoms with van der Waals surface area (Å²) >= 11 is 1.59. The predicted octanol–water partition coefficient (Wildman–Crippen LogP) is 7.40. The number of nitrogens with zero attached hydrogens (tertiary/aromatic N) is 1. The summed E-state index contributed by atoms with van der Waals surface area (Å²) in [6.07, 6.45) is 31.5. The Labute approximate surface area is 243 Å². The minimum absolute atomic E-state index is 0.184. The Kier molecular flexibility index (Phi) is 9.85. The van der Waals surface area contributed by atoms with E-state index in [1.54, 1.807) is 11.3 Å². The van der Waals surface area contributed by atoms with E-state index in [-0.39, 0.29) is 12.0 Å². The van der Waals surface area contributed by atoms with E-state index in [9.17, 15) is 10.0 Å². The van der Waals surface area contributed by atoms with E-state index in [1.807, 2.05) is 75.4 Å². The van der Waals surface area contributed by atoms with Crippen molar-refractivity contribution < 1.29 is 10.0 Å². The minimum Gasteiger partial charge on any atom is -0.423 e. The van der Waals surface area contributed by atoms with E-state index < -0.39 is 7.12 Å². The Morgan fingerprint density at radius 1 is 1.07 bits per heavy atom. The Balaban J connectivity index is 2.05. The van der Waals surface area contributed by atoms with Crippen molar-refractivity contribution in [2.24, 2.45) is 5.92 Å². The van der Waals surface area contributed by atoms with Crippen LogP contribution in [0.15, 0.2) is 103 Å². The highest BCUT2D eigenvalue weighted by molar-refractivity contribution is 7.21. The number of thiophene rings is 1. The van der Waals surface area contributed by atoms with Gasteiger partial charge in [0.05, 0.1) is 0 Å². The molecule has 2 unspecified atom stereocenters. The van der Waals surface area contributed by atoms with E-state index >= 15 is 0 Å². The molecule has 2 atom stereocenters. The number of rotatable bonds is 6. The van der Waals surface area contributed by atoms with Crippen LogP contribution in [0.1, 0.15) is 55.3 Å². The molecule has 0 fully saturated rings. The smallest absolute Gasteiger partial charge is 0.423 e. The normalized spacial score (nSPS) is 23.3. The van der Waals surface area contributed by atoms with Crippen LogP contribution in [-0.2, 0) is 6.42 Å². The van der Waals surface area contributed by atoms with Crippen LogP contribution in [0.5, 0.6) is 0 Å². The van der Waals surface area contributed by atoms with Crippen molar-refractivity contribution >= 4 is 46.2 Å². The fourth-order valence-electron chi connectivity index (χ4n) is 5.00. The van der Waals surface area contributed by atoms with Gasteiger partial charge in [-0.25, -0.2) is 0 Å². The first kappa shape index (κ1) is 29.2. The van der Waals surface area contributed by atoms with Gasteiger partial charge in [-0.2, -0.15) is 0 Å². The van der Waals surface area contributed by atoms with Crippen LogP contribution in [0.25, 0.3) is 22.2 Å². The van der Waals surface area contributed by atoms with Gasteiger partial charge in [-0.3, -0.25) is 0 Å². The minimum atomic E-state index is -1.59. The van der Waals surface area contributed by atoms with Gasteiger partial charge in [0.15, 0.2) is 0 Å². The summed E-state index contributed by atoms with van der Waals surface area (Å²) < 4.78 is 0.876. The summed E-state index contributed by atoms with van der Waals surface area (Å²) in [5.41, 5.74) is 5.65. The van der Waals surface area contributed by atoms with Crippen molar-refractivity contribution in [3.8, 4) is 11.8 Å². The topological polar surface area (TPSA) is 43.7 Å². The predicted molar refractivity (Wildman–Crippen MR) is 175 cm³/mol. The fraction of sp³-hybridized carbons (Fsp3) is 0.200. The third kappa shape index (κ3) is 6.16. The third-order valence-electron chi connectivity index (χ3n) is 6.96. The molecule has 40 heavy (non-hydrogen) atoms. The van der Waals surface area contributed by atoms with E-state index in [1.165, 1.54) is 0 Å². The molecule has 3 nitrogen and oxygen atoms in total. The number of hydrogen-bond acceptors (Lipinski definition) is 4. The number of benzene rings is 1. The lowest BCUT2D eigenvalue weighted by atomic mass is 9.77. The van der Waals surface area contributed by atoms with Crippen LogP contribution in [0.4, 0.5) is 0 Å². The zero-order chi connectivity index (χ0) is 28.6. The molecule has 0 saturated carbocycles. The molecular formula is C35H36BNO2S. The van der Waals surface area contributed by atoms with Crippen LogP contribution in [-0.4, -0.2) is 22.1 Å². The van der Waals surface area contributed by atoms with Crippen molar-refractivity contribution in [3.05, 3.63) is 125 Å².